The molecule has 1 saturated carbocycles. The van der Waals surface area contributed by atoms with Crippen LogP contribution in [0.25, 0.3) is 0 Å². The summed E-state index contributed by atoms with van der Waals surface area (Å²) in [7, 11) is 0. The van der Waals surface area contributed by atoms with Gasteiger partial charge in [-0.3, -0.25) is 0 Å². The van der Waals surface area contributed by atoms with Crippen LogP contribution in [0.4, 0.5) is 0 Å². The van der Waals surface area contributed by atoms with Crippen molar-refractivity contribution in [3.63, 3.8) is 0 Å². The van der Waals surface area contributed by atoms with Gasteiger partial charge in [-0.15, -0.1) is 0 Å². The standard InChI is InChI=1S/C10H17N3S2/c1-2-9-12-10(15-13-9)14-8-5-3-4-7(11)6-8/h7-8H,2-6,11H2,1H3. The van der Waals surface area contributed by atoms with Crippen LogP contribution in [-0.4, -0.2) is 20.6 Å². The number of hydrogen-bond acceptors (Lipinski definition) is 5. The highest BCUT2D eigenvalue weighted by Gasteiger charge is 2.21. The molecule has 0 aliphatic heterocycles. The minimum atomic E-state index is 0.398. The molecule has 1 fully saturated rings. The van der Waals surface area contributed by atoms with E-state index in [1.807, 2.05) is 11.8 Å². The van der Waals surface area contributed by atoms with E-state index >= 15 is 0 Å². The van der Waals surface area contributed by atoms with Crippen LogP contribution in [-0.2, 0) is 6.42 Å². The fourth-order valence-electron chi connectivity index (χ4n) is 1.86. The first kappa shape index (κ1) is 11.4. The molecule has 15 heavy (non-hydrogen) atoms. The van der Waals surface area contributed by atoms with Crippen LogP contribution in [0.15, 0.2) is 4.34 Å². The molecule has 1 heterocycles. The Morgan fingerprint density at radius 1 is 1.53 bits per heavy atom. The van der Waals surface area contributed by atoms with E-state index in [9.17, 15) is 0 Å². The molecule has 0 saturated heterocycles. The third-order valence-electron chi connectivity index (χ3n) is 2.70. The Kier molecular flexibility index (Phi) is 3.99. The normalized spacial score (nSPS) is 26.8. The first-order valence-electron chi connectivity index (χ1n) is 5.52. The van der Waals surface area contributed by atoms with Gasteiger partial charge in [-0.05, 0) is 30.8 Å². The molecule has 0 aromatic carbocycles. The van der Waals surface area contributed by atoms with E-state index in [-0.39, 0.29) is 0 Å². The van der Waals surface area contributed by atoms with Crippen LogP contribution in [0.3, 0.4) is 0 Å². The van der Waals surface area contributed by atoms with Crippen LogP contribution in [0, 0.1) is 0 Å². The number of nitrogens with zero attached hydrogens (tertiary/aromatic N) is 2. The second kappa shape index (κ2) is 5.27. The van der Waals surface area contributed by atoms with Crippen LogP contribution < -0.4 is 5.73 Å². The van der Waals surface area contributed by atoms with Gasteiger partial charge in [0.2, 0.25) is 0 Å². The van der Waals surface area contributed by atoms with Gasteiger partial charge in [0.15, 0.2) is 4.34 Å². The van der Waals surface area contributed by atoms with Crippen LogP contribution in [0.5, 0.6) is 0 Å². The highest BCUT2D eigenvalue weighted by atomic mass is 32.2. The monoisotopic (exact) mass is 243 g/mol. The first-order valence-corrected chi connectivity index (χ1v) is 7.18. The SMILES string of the molecule is CCc1nsc(SC2CCCC(N)C2)n1. The summed E-state index contributed by atoms with van der Waals surface area (Å²) in [5.41, 5.74) is 5.96. The predicted octanol–water partition coefficient (Wildman–Crippen LogP) is 2.46. The minimum Gasteiger partial charge on any atom is -0.328 e. The molecular formula is C10H17N3S2. The Morgan fingerprint density at radius 3 is 3.07 bits per heavy atom. The molecule has 1 aromatic rings. The van der Waals surface area contributed by atoms with Crippen molar-refractivity contribution < 1.29 is 0 Å². The van der Waals surface area contributed by atoms with Crippen molar-refractivity contribution in [2.45, 2.75) is 54.7 Å². The highest BCUT2D eigenvalue weighted by Crippen LogP contribution is 2.33. The Hall–Kier alpha value is -0.130. The van der Waals surface area contributed by atoms with Crippen molar-refractivity contribution in [1.82, 2.24) is 9.36 Å². The van der Waals surface area contributed by atoms with Crippen molar-refractivity contribution in [1.29, 1.82) is 0 Å². The van der Waals surface area contributed by atoms with E-state index in [1.54, 1.807) is 0 Å². The van der Waals surface area contributed by atoms with Crippen LogP contribution >= 0.6 is 23.3 Å². The predicted molar refractivity (Wildman–Crippen MR) is 65.4 cm³/mol. The molecule has 1 aliphatic carbocycles. The average Bonchev–Trinajstić information content (AvgIpc) is 2.65. The number of thioether (sulfide) groups is 1. The molecule has 1 aliphatic rings. The lowest BCUT2D eigenvalue weighted by molar-refractivity contribution is 0.451. The minimum absolute atomic E-state index is 0.398. The van der Waals surface area contributed by atoms with Gasteiger partial charge in [0.25, 0.3) is 0 Å². The molecule has 2 rings (SSSR count). The van der Waals surface area contributed by atoms with E-state index < -0.39 is 0 Å². The number of rotatable bonds is 3. The summed E-state index contributed by atoms with van der Waals surface area (Å²) in [5.74, 6) is 0.975. The zero-order chi connectivity index (χ0) is 10.7. The summed E-state index contributed by atoms with van der Waals surface area (Å²) < 4.78 is 5.41. The maximum atomic E-state index is 5.96. The lowest BCUT2D eigenvalue weighted by atomic mass is 9.96. The second-order valence-electron chi connectivity index (χ2n) is 4.00. The lowest BCUT2D eigenvalue weighted by Gasteiger charge is -2.24. The molecule has 2 atom stereocenters. The third-order valence-corrected chi connectivity index (χ3v) is 4.82. The van der Waals surface area contributed by atoms with Gasteiger partial charge in [-0.2, -0.15) is 4.37 Å². The van der Waals surface area contributed by atoms with E-state index in [2.05, 4.69) is 16.3 Å². The van der Waals surface area contributed by atoms with Gasteiger partial charge < -0.3 is 5.73 Å². The van der Waals surface area contributed by atoms with E-state index in [0.29, 0.717) is 11.3 Å². The zero-order valence-electron chi connectivity index (χ0n) is 8.98. The summed E-state index contributed by atoms with van der Waals surface area (Å²) in [4.78, 5) is 4.48. The highest BCUT2D eigenvalue weighted by molar-refractivity contribution is 8.01. The quantitative estimate of drug-likeness (QED) is 0.886. The van der Waals surface area contributed by atoms with E-state index in [4.69, 9.17) is 5.73 Å². The Balaban J connectivity index is 1.90. The summed E-state index contributed by atoms with van der Waals surface area (Å²) in [6, 6.07) is 0.398. The Morgan fingerprint density at radius 2 is 2.40 bits per heavy atom. The van der Waals surface area contributed by atoms with Crippen molar-refractivity contribution in [2.75, 3.05) is 0 Å². The van der Waals surface area contributed by atoms with E-state index in [0.717, 1.165) is 23.0 Å². The van der Waals surface area contributed by atoms with Crippen LogP contribution in [0.1, 0.15) is 38.4 Å². The van der Waals surface area contributed by atoms with Crippen molar-refractivity contribution >= 4 is 23.3 Å². The smallest absolute Gasteiger partial charge is 0.170 e. The number of hydrogen-bond donors (Lipinski definition) is 1. The maximum absolute atomic E-state index is 5.96. The maximum Gasteiger partial charge on any atom is 0.170 e. The van der Waals surface area contributed by atoms with Gasteiger partial charge >= 0.3 is 0 Å². The second-order valence-corrected chi connectivity index (χ2v) is 6.30. The van der Waals surface area contributed by atoms with Gasteiger partial charge in [0.1, 0.15) is 5.82 Å². The Bertz CT molecular complexity index is 313. The van der Waals surface area contributed by atoms with Crippen molar-refractivity contribution in [3.8, 4) is 0 Å². The molecule has 84 valence electrons. The number of aryl methyl sites for hydroxylation is 1. The third kappa shape index (κ3) is 3.16. The summed E-state index contributed by atoms with van der Waals surface area (Å²) in [6.45, 7) is 2.09. The lowest BCUT2D eigenvalue weighted by Crippen LogP contribution is -2.29. The van der Waals surface area contributed by atoms with Gasteiger partial charge in [-0.1, -0.05) is 25.1 Å². The number of aromatic nitrogens is 2. The molecular weight excluding hydrogens is 226 g/mol. The molecule has 2 unspecified atom stereocenters. The van der Waals surface area contributed by atoms with Gasteiger partial charge in [0.05, 0.1) is 0 Å². The number of nitrogens with two attached hydrogens (primary N) is 1. The summed E-state index contributed by atoms with van der Waals surface area (Å²) in [6.07, 6.45) is 5.79. The molecule has 2 N–H and O–H groups in total. The molecule has 0 radical (unpaired) electrons. The average molecular weight is 243 g/mol. The van der Waals surface area contributed by atoms with E-state index in [1.165, 1.54) is 30.8 Å². The summed E-state index contributed by atoms with van der Waals surface area (Å²) >= 11 is 3.40. The fourth-order valence-corrected chi connectivity index (χ4v) is 4.12. The van der Waals surface area contributed by atoms with Crippen LogP contribution in [0.2, 0.25) is 0 Å². The molecule has 0 spiro atoms. The molecule has 0 bridgehead atoms. The zero-order valence-corrected chi connectivity index (χ0v) is 10.6. The van der Waals surface area contributed by atoms with Gasteiger partial charge in [-0.25, -0.2) is 4.98 Å². The summed E-state index contributed by atoms with van der Waals surface area (Å²) in [5, 5.41) is 0.659. The molecule has 0 amide bonds. The van der Waals surface area contributed by atoms with Crippen molar-refractivity contribution in [3.05, 3.63) is 5.82 Å². The molecule has 5 heteroatoms. The fraction of sp³-hybridized carbons (Fsp3) is 0.800. The topological polar surface area (TPSA) is 51.8 Å². The first-order chi connectivity index (χ1) is 7.28. The Labute approximate surface area is 99.0 Å². The molecule has 1 aromatic heterocycles. The largest absolute Gasteiger partial charge is 0.328 e. The van der Waals surface area contributed by atoms with Gasteiger partial charge in [0, 0.05) is 17.7 Å². The molecule has 3 nitrogen and oxygen atoms in total. The van der Waals surface area contributed by atoms with Crippen molar-refractivity contribution in [2.24, 2.45) is 5.73 Å².